The quantitative estimate of drug-likeness (QED) is 0.889. The van der Waals surface area contributed by atoms with Crippen LogP contribution in [0.15, 0.2) is 6.07 Å². The Morgan fingerprint density at radius 3 is 2.72 bits per heavy atom. The second-order valence-corrected chi connectivity index (χ2v) is 5.96. The molecule has 2 nitrogen and oxygen atoms in total. The lowest BCUT2D eigenvalue weighted by Crippen LogP contribution is -1.99. The molecule has 0 unspecified atom stereocenters. The summed E-state index contributed by atoms with van der Waals surface area (Å²) in [5, 5.41) is 10.3. The minimum Gasteiger partial charge on any atom is -0.389 e. The number of hydrogen-bond acceptors (Lipinski definition) is 3. The van der Waals surface area contributed by atoms with Crippen molar-refractivity contribution in [3.63, 3.8) is 0 Å². The number of thiophene rings is 1. The molecule has 0 saturated heterocycles. The SMILES string of the molecule is Cc1cc(F)c2sc(N)c(C#N)c2c1CC(C)C. The molecule has 0 saturated carbocycles. The van der Waals surface area contributed by atoms with Gasteiger partial charge >= 0.3 is 0 Å². The summed E-state index contributed by atoms with van der Waals surface area (Å²) in [6, 6.07) is 3.64. The molecule has 0 aliphatic rings. The average molecular weight is 262 g/mol. The summed E-state index contributed by atoms with van der Waals surface area (Å²) < 4.78 is 14.4. The Balaban J connectivity index is 2.87. The molecule has 0 fully saturated rings. The number of nitrogens with zero attached hydrogens (tertiary/aromatic N) is 1. The van der Waals surface area contributed by atoms with Crippen LogP contribution in [0.3, 0.4) is 0 Å². The van der Waals surface area contributed by atoms with Crippen molar-refractivity contribution in [1.82, 2.24) is 0 Å². The fraction of sp³-hybridized carbons (Fsp3) is 0.357. The van der Waals surface area contributed by atoms with E-state index < -0.39 is 0 Å². The molecule has 1 aromatic carbocycles. The molecule has 2 rings (SSSR count). The summed E-state index contributed by atoms with van der Waals surface area (Å²) in [6.07, 6.45) is 0.827. The van der Waals surface area contributed by atoms with Crippen LogP contribution in [0, 0.1) is 30.0 Å². The first kappa shape index (κ1) is 12.8. The summed E-state index contributed by atoms with van der Waals surface area (Å²) in [7, 11) is 0. The summed E-state index contributed by atoms with van der Waals surface area (Å²) in [4.78, 5) is 0. The van der Waals surface area contributed by atoms with E-state index in [0.717, 1.165) is 28.9 Å². The zero-order chi connectivity index (χ0) is 13.4. The molecule has 2 aromatic rings. The number of rotatable bonds is 2. The number of aryl methyl sites for hydroxylation is 1. The molecule has 4 heteroatoms. The van der Waals surface area contributed by atoms with Gasteiger partial charge in [0.25, 0.3) is 0 Å². The third kappa shape index (κ3) is 1.95. The molecule has 0 aliphatic heterocycles. The van der Waals surface area contributed by atoms with Gasteiger partial charge in [-0.1, -0.05) is 13.8 Å². The Morgan fingerprint density at radius 1 is 1.50 bits per heavy atom. The van der Waals surface area contributed by atoms with Crippen molar-refractivity contribution in [3.05, 3.63) is 28.6 Å². The van der Waals surface area contributed by atoms with Crippen LogP contribution >= 0.6 is 11.3 Å². The van der Waals surface area contributed by atoms with Crippen LogP contribution in [0.5, 0.6) is 0 Å². The largest absolute Gasteiger partial charge is 0.389 e. The number of nitrogen functional groups attached to an aromatic ring is 1. The van der Waals surface area contributed by atoms with Crippen molar-refractivity contribution in [3.8, 4) is 6.07 Å². The number of nitriles is 1. The van der Waals surface area contributed by atoms with Crippen molar-refractivity contribution < 1.29 is 4.39 Å². The molecule has 0 spiro atoms. The van der Waals surface area contributed by atoms with Crippen molar-refractivity contribution in [2.24, 2.45) is 5.92 Å². The molecular weight excluding hydrogens is 247 g/mol. The average Bonchev–Trinajstić information content (AvgIpc) is 2.61. The van der Waals surface area contributed by atoms with E-state index >= 15 is 0 Å². The maximum atomic E-state index is 13.9. The minimum atomic E-state index is -0.284. The van der Waals surface area contributed by atoms with Crippen LogP contribution in [0.1, 0.15) is 30.5 Å². The van der Waals surface area contributed by atoms with Gasteiger partial charge in [-0.15, -0.1) is 11.3 Å². The lowest BCUT2D eigenvalue weighted by Gasteiger charge is -2.11. The van der Waals surface area contributed by atoms with Gasteiger partial charge in [0, 0.05) is 5.39 Å². The molecule has 1 aromatic heterocycles. The molecule has 94 valence electrons. The van der Waals surface area contributed by atoms with Gasteiger partial charge in [-0.3, -0.25) is 0 Å². The Kier molecular flexibility index (Phi) is 3.27. The van der Waals surface area contributed by atoms with Gasteiger partial charge in [0.15, 0.2) is 0 Å². The summed E-state index contributed by atoms with van der Waals surface area (Å²) in [5.41, 5.74) is 8.17. The van der Waals surface area contributed by atoms with Crippen LogP contribution in [0.25, 0.3) is 10.1 Å². The molecule has 0 radical (unpaired) electrons. The van der Waals surface area contributed by atoms with Gasteiger partial charge in [-0.05, 0) is 36.5 Å². The Bertz CT molecular complexity index is 650. The van der Waals surface area contributed by atoms with Crippen molar-refractivity contribution >= 4 is 26.4 Å². The fourth-order valence-corrected chi connectivity index (χ4v) is 3.18. The van der Waals surface area contributed by atoms with E-state index in [9.17, 15) is 9.65 Å². The van der Waals surface area contributed by atoms with Crippen LogP contribution in [0.2, 0.25) is 0 Å². The number of nitrogens with two attached hydrogens (primary N) is 1. The smallest absolute Gasteiger partial charge is 0.141 e. The summed E-state index contributed by atoms with van der Waals surface area (Å²) >= 11 is 1.16. The molecule has 0 amide bonds. The molecule has 0 aliphatic carbocycles. The maximum absolute atomic E-state index is 13.9. The van der Waals surface area contributed by atoms with E-state index in [1.165, 1.54) is 6.07 Å². The zero-order valence-electron chi connectivity index (χ0n) is 10.7. The number of halogens is 1. The van der Waals surface area contributed by atoms with Crippen LogP contribution in [0.4, 0.5) is 9.39 Å². The third-order valence-electron chi connectivity index (χ3n) is 3.00. The maximum Gasteiger partial charge on any atom is 0.141 e. The standard InChI is InChI=1S/C14H15FN2S/c1-7(2)4-9-8(3)5-11(15)13-12(9)10(6-16)14(17)18-13/h5,7H,4,17H2,1-3H3. The first-order valence-electron chi connectivity index (χ1n) is 5.85. The highest BCUT2D eigenvalue weighted by atomic mass is 32.1. The first-order valence-corrected chi connectivity index (χ1v) is 6.67. The third-order valence-corrected chi connectivity index (χ3v) is 4.02. The number of hydrogen-bond donors (Lipinski definition) is 1. The van der Waals surface area contributed by atoms with Gasteiger partial charge < -0.3 is 5.73 Å². The summed E-state index contributed by atoms with van der Waals surface area (Å²) in [6.45, 7) is 6.10. The van der Waals surface area contributed by atoms with E-state index in [1.54, 1.807) is 0 Å². The van der Waals surface area contributed by atoms with Gasteiger partial charge in [0.2, 0.25) is 0 Å². The predicted octanol–water partition coefficient (Wildman–Crippen LogP) is 4.00. The topological polar surface area (TPSA) is 49.8 Å². The number of anilines is 1. The Hall–Kier alpha value is -1.60. The van der Waals surface area contributed by atoms with Gasteiger partial charge in [0.1, 0.15) is 16.9 Å². The normalized spacial score (nSPS) is 11.1. The first-order chi connectivity index (χ1) is 8.45. The predicted molar refractivity (Wildman–Crippen MR) is 74.2 cm³/mol. The lowest BCUT2D eigenvalue weighted by atomic mass is 9.93. The molecule has 1 heterocycles. The van der Waals surface area contributed by atoms with Gasteiger partial charge in [-0.25, -0.2) is 4.39 Å². The van der Waals surface area contributed by atoms with Gasteiger partial charge in [-0.2, -0.15) is 5.26 Å². The minimum absolute atomic E-state index is 0.284. The monoisotopic (exact) mass is 262 g/mol. The van der Waals surface area contributed by atoms with Crippen molar-refractivity contribution in [2.45, 2.75) is 27.2 Å². The Labute approximate surface area is 110 Å². The van der Waals surface area contributed by atoms with Crippen LogP contribution in [-0.4, -0.2) is 0 Å². The van der Waals surface area contributed by atoms with E-state index in [4.69, 9.17) is 5.73 Å². The number of benzene rings is 1. The lowest BCUT2D eigenvalue weighted by molar-refractivity contribution is 0.631. The highest BCUT2D eigenvalue weighted by molar-refractivity contribution is 7.23. The molecule has 0 atom stereocenters. The zero-order valence-corrected chi connectivity index (χ0v) is 11.5. The van der Waals surface area contributed by atoms with Crippen molar-refractivity contribution in [2.75, 3.05) is 5.73 Å². The Morgan fingerprint density at radius 2 is 2.17 bits per heavy atom. The molecule has 18 heavy (non-hydrogen) atoms. The fourth-order valence-electron chi connectivity index (χ4n) is 2.23. The summed E-state index contributed by atoms with van der Waals surface area (Å²) in [5.74, 6) is 0.165. The van der Waals surface area contributed by atoms with E-state index in [1.807, 2.05) is 6.92 Å². The van der Waals surface area contributed by atoms with Crippen molar-refractivity contribution in [1.29, 1.82) is 5.26 Å². The number of fused-ring (bicyclic) bond motifs is 1. The molecule has 0 bridgehead atoms. The van der Waals surface area contributed by atoms with E-state index in [2.05, 4.69) is 19.9 Å². The van der Waals surface area contributed by atoms with E-state index in [-0.39, 0.29) is 5.82 Å². The highest BCUT2D eigenvalue weighted by Crippen LogP contribution is 2.39. The second-order valence-electron chi connectivity index (χ2n) is 4.91. The van der Waals surface area contributed by atoms with Crippen LogP contribution in [-0.2, 0) is 6.42 Å². The van der Waals surface area contributed by atoms with Crippen LogP contribution < -0.4 is 5.73 Å². The molecular formula is C14H15FN2S. The van der Waals surface area contributed by atoms with Gasteiger partial charge in [0.05, 0.1) is 10.3 Å². The molecule has 2 N–H and O–H groups in total. The highest BCUT2D eigenvalue weighted by Gasteiger charge is 2.19. The van der Waals surface area contributed by atoms with E-state index in [0.29, 0.717) is 26.6 Å². The second kappa shape index (κ2) is 4.58.